The van der Waals surface area contributed by atoms with Crippen LogP contribution in [0.25, 0.3) is 0 Å². The Bertz CT molecular complexity index is 894. The van der Waals surface area contributed by atoms with Gasteiger partial charge in [0, 0.05) is 23.6 Å². The first-order chi connectivity index (χ1) is 13.8. The number of benzene rings is 2. The molecule has 29 heavy (non-hydrogen) atoms. The number of ether oxygens (including phenoxy) is 2. The molecule has 10 heteroatoms. The molecule has 152 valence electrons. The van der Waals surface area contributed by atoms with E-state index in [2.05, 4.69) is 14.8 Å². The number of methoxy groups -OCH3 is 2. The number of amides is 1. The van der Waals surface area contributed by atoms with Gasteiger partial charge in [0.05, 0.1) is 36.0 Å². The minimum Gasteiger partial charge on any atom is -0.465 e. The molecule has 0 saturated carbocycles. The largest absolute Gasteiger partial charge is 0.465 e. The third-order valence-electron chi connectivity index (χ3n) is 3.71. The SMILES string of the molecule is COC(=O)c1cc(NC(=O)CSCc2ccc([N+](=O)[O-])cc2)cc(C(=O)OC)c1. The fraction of sp³-hybridized carbons (Fsp3) is 0.211. The van der Waals surface area contributed by atoms with Gasteiger partial charge in [-0.05, 0) is 23.8 Å². The van der Waals surface area contributed by atoms with E-state index >= 15 is 0 Å². The van der Waals surface area contributed by atoms with E-state index in [4.69, 9.17) is 0 Å². The minimum absolute atomic E-state index is 0.00314. The lowest BCUT2D eigenvalue weighted by Crippen LogP contribution is -2.16. The van der Waals surface area contributed by atoms with Crippen molar-refractivity contribution in [3.8, 4) is 0 Å². The summed E-state index contributed by atoms with van der Waals surface area (Å²) in [6.07, 6.45) is 0. The molecule has 1 amide bonds. The molecule has 2 rings (SSSR count). The molecule has 0 aliphatic carbocycles. The summed E-state index contributed by atoms with van der Waals surface area (Å²) in [5.41, 5.74) is 1.31. The highest BCUT2D eigenvalue weighted by atomic mass is 32.2. The number of hydrogen-bond acceptors (Lipinski definition) is 8. The number of carbonyl (C=O) groups excluding carboxylic acids is 3. The predicted octanol–water partition coefficient (Wildman–Crippen LogP) is 3.04. The summed E-state index contributed by atoms with van der Waals surface area (Å²) in [6.45, 7) is 0. The van der Waals surface area contributed by atoms with E-state index in [1.807, 2.05) is 0 Å². The zero-order chi connectivity index (χ0) is 21.4. The van der Waals surface area contributed by atoms with Crippen LogP contribution in [0, 0.1) is 10.1 Å². The molecule has 0 bridgehead atoms. The Balaban J connectivity index is 1.99. The van der Waals surface area contributed by atoms with Crippen LogP contribution in [0.15, 0.2) is 42.5 Å². The highest BCUT2D eigenvalue weighted by Gasteiger charge is 2.15. The monoisotopic (exact) mass is 418 g/mol. The van der Waals surface area contributed by atoms with Gasteiger partial charge < -0.3 is 14.8 Å². The Hall–Kier alpha value is -3.40. The molecule has 0 radical (unpaired) electrons. The van der Waals surface area contributed by atoms with Crippen molar-refractivity contribution in [2.45, 2.75) is 5.75 Å². The maximum Gasteiger partial charge on any atom is 0.337 e. The third-order valence-corrected chi connectivity index (χ3v) is 4.71. The quantitative estimate of drug-likeness (QED) is 0.394. The molecule has 9 nitrogen and oxygen atoms in total. The normalized spacial score (nSPS) is 10.1. The van der Waals surface area contributed by atoms with Gasteiger partial charge in [0.2, 0.25) is 5.91 Å². The zero-order valence-corrected chi connectivity index (χ0v) is 16.5. The van der Waals surface area contributed by atoms with Gasteiger partial charge in [-0.25, -0.2) is 9.59 Å². The van der Waals surface area contributed by atoms with Crippen LogP contribution in [0.1, 0.15) is 26.3 Å². The molecule has 2 aromatic rings. The van der Waals surface area contributed by atoms with Crippen molar-refractivity contribution in [1.82, 2.24) is 0 Å². The number of rotatable bonds is 8. The van der Waals surface area contributed by atoms with Crippen LogP contribution in [-0.2, 0) is 20.0 Å². The lowest BCUT2D eigenvalue weighted by molar-refractivity contribution is -0.384. The van der Waals surface area contributed by atoms with Crippen molar-refractivity contribution < 1.29 is 28.8 Å². The molecular formula is C19H18N2O7S. The van der Waals surface area contributed by atoms with Gasteiger partial charge in [0.15, 0.2) is 0 Å². The van der Waals surface area contributed by atoms with Crippen LogP contribution >= 0.6 is 11.8 Å². The smallest absolute Gasteiger partial charge is 0.337 e. The van der Waals surface area contributed by atoms with Crippen LogP contribution in [0.3, 0.4) is 0 Å². The van der Waals surface area contributed by atoms with Gasteiger partial charge in [0.25, 0.3) is 5.69 Å². The highest BCUT2D eigenvalue weighted by Crippen LogP contribution is 2.19. The van der Waals surface area contributed by atoms with Crippen molar-refractivity contribution in [1.29, 1.82) is 0 Å². The van der Waals surface area contributed by atoms with Gasteiger partial charge in [0.1, 0.15) is 0 Å². The maximum absolute atomic E-state index is 12.2. The molecule has 0 atom stereocenters. The number of non-ortho nitro benzene ring substituents is 1. The molecule has 0 spiro atoms. The number of nitrogens with zero attached hydrogens (tertiary/aromatic N) is 1. The molecule has 2 aromatic carbocycles. The number of carbonyl (C=O) groups is 3. The number of nitrogens with one attached hydrogen (secondary N) is 1. The summed E-state index contributed by atoms with van der Waals surface area (Å²) >= 11 is 1.31. The second-order valence-corrected chi connectivity index (χ2v) is 6.73. The number of anilines is 1. The van der Waals surface area contributed by atoms with E-state index in [-0.39, 0.29) is 34.2 Å². The second kappa shape index (κ2) is 10.2. The lowest BCUT2D eigenvalue weighted by Gasteiger charge is -2.09. The first-order valence-electron chi connectivity index (χ1n) is 8.26. The van der Waals surface area contributed by atoms with E-state index in [0.29, 0.717) is 5.75 Å². The van der Waals surface area contributed by atoms with E-state index in [1.54, 1.807) is 12.1 Å². The molecule has 0 aliphatic heterocycles. The molecule has 0 saturated heterocycles. The van der Waals surface area contributed by atoms with E-state index < -0.39 is 16.9 Å². The predicted molar refractivity (Wildman–Crippen MR) is 107 cm³/mol. The average molecular weight is 418 g/mol. The van der Waals surface area contributed by atoms with Crippen molar-refractivity contribution in [3.05, 3.63) is 69.3 Å². The van der Waals surface area contributed by atoms with Gasteiger partial charge >= 0.3 is 11.9 Å². The van der Waals surface area contributed by atoms with Crippen LogP contribution in [0.5, 0.6) is 0 Å². The van der Waals surface area contributed by atoms with Crippen LogP contribution in [0.4, 0.5) is 11.4 Å². The fourth-order valence-electron chi connectivity index (χ4n) is 2.34. The van der Waals surface area contributed by atoms with Crippen LogP contribution < -0.4 is 5.32 Å². The number of nitro benzene ring substituents is 1. The molecule has 1 N–H and O–H groups in total. The van der Waals surface area contributed by atoms with Crippen molar-refractivity contribution in [2.24, 2.45) is 0 Å². The fourth-order valence-corrected chi connectivity index (χ4v) is 3.13. The molecule has 0 unspecified atom stereocenters. The highest BCUT2D eigenvalue weighted by molar-refractivity contribution is 7.99. The Morgan fingerprint density at radius 1 is 1.00 bits per heavy atom. The standard InChI is InChI=1S/C19H18N2O7S/c1-27-18(23)13-7-14(19(24)28-2)9-15(8-13)20-17(22)11-29-10-12-3-5-16(6-4-12)21(25)26/h3-9H,10-11H2,1-2H3,(H,20,22). The number of esters is 2. The maximum atomic E-state index is 12.2. The van der Waals surface area contributed by atoms with E-state index in [9.17, 15) is 24.5 Å². The molecule has 0 aromatic heterocycles. The number of hydrogen-bond donors (Lipinski definition) is 1. The van der Waals surface area contributed by atoms with Gasteiger partial charge in [-0.1, -0.05) is 12.1 Å². The first kappa shape index (κ1) is 21.9. The Morgan fingerprint density at radius 2 is 1.55 bits per heavy atom. The second-order valence-electron chi connectivity index (χ2n) is 5.75. The zero-order valence-electron chi connectivity index (χ0n) is 15.7. The summed E-state index contributed by atoms with van der Waals surface area (Å²) in [5, 5.41) is 13.3. The molecule has 0 aliphatic rings. The molecular weight excluding hydrogens is 400 g/mol. The van der Waals surface area contributed by atoms with Gasteiger partial charge in [-0.3, -0.25) is 14.9 Å². The molecule has 0 heterocycles. The summed E-state index contributed by atoms with van der Waals surface area (Å²) < 4.78 is 9.30. The average Bonchev–Trinajstić information content (AvgIpc) is 2.72. The minimum atomic E-state index is -0.654. The van der Waals surface area contributed by atoms with Crippen molar-refractivity contribution >= 4 is 41.0 Å². The molecule has 0 fully saturated rings. The summed E-state index contributed by atoms with van der Waals surface area (Å²) in [4.78, 5) is 45.9. The third kappa shape index (κ3) is 6.32. The Labute approximate surface area is 170 Å². The van der Waals surface area contributed by atoms with Crippen LogP contribution in [-0.4, -0.2) is 42.7 Å². The first-order valence-corrected chi connectivity index (χ1v) is 9.42. The van der Waals surface area contributed by atoms with E-state index in [1.165, 1.54) is 56.3 Å². The van der Waals surface area contributed by atoms with Gasteiger partial charge in [-0.15, -0.1) is 11.8 Å². The van der Waals surface area contributed by atoms with Crippen LogP contribution in [0.2, 0.25) is 0 Å². The van der Waals surface area contributed by atoms with E-state index in [0.717, 1.165) is 5.56 Å². The summed E-state index contributed by atoms with van der Waals surface area (Å²) in [7, 11) is 2.42. The Morgan fingerprint density at radius 3 is 2.03 bits per heavy atom. The number of nitro groups is 1. The Kier molecular flexibility index (Phi) is 7.72. The summed E-state index contributed by atoms with van der Waals surface area (Å²) in [5.74, 6) is -1.05. The summed E-state index contributed by atoms with van der Waals surface area (Å²) in [6, 6.07) is 10.2. The topological polar surface area (TPSA) is 125 Å². The van der Waals surface area contributed by atoms with Gasteiger partial charge in [-0.2, -0.15) is 0 Å². The van der Waals surface area contributed by atoms with Crippen molar-refractivity contribution in [3.63, 3.8) is 0 Å². The lowest BCUT2D eigenvalue weighted by atomic mass is 10.1. The number of thioether (sulfide) groups is 1. The van der Waals surface area contributed by atoms with Crippen molar-refractivity contribution in [2.75, 3.05) is 25.3 Å².